The van der Waals surface area contributed by atoms with Gasteiger partial charge >= 0.3 is 12.2 Å². The molecular weight excluding hydrogens is 640 g/mol. The highest BCUT2D eigenvalue weighted by molar-refractivity contribution is 6.14. The van der Waals surface area contributed by atoms with Gasteiger partial charge in [0.2, 0.25) is 0 Å². The molecule has 1 aromatic heterocycles. The van der Waals surface area contributed by atoms with E-state index in [2.05, 4.69) is 15.8 Å². The number of amidine groups is 1. The molecule has 50 heavy (non-hydrogen) atoms. The lowest BCUT2D eigenvalue weighted by molar-refractivity contribution is 0.0487. The van der Waals surface area contributed by atoms with Crippen molar-refractivity contribution < 1.29 is 34.2 Å². The Labute approximate surface area is 290 Å². The van der Waals surface area contributed by atoms with Gasteiger partial charge in [-0.1, -0.05) is 41.6 Å². The predicted octanol–water partition coefficient (Wildman–Crippen LogP) is 6.65. The molecule has 13 heteroatoms. The van der Waals surface area contributed by atoms with E-state index in [9.17, 15) is 24.7 Å². The third-order valence-corrected chi connectivity index (χ3v) is 8.50. The molecule has 13 nitrogen and oxygen atoms in total. The van der Waals surface area contributed by atoms with Crippen molar-refractivity contribution in [1.82, 2.24) is 15.2 Å². The first-order valence-corrected chi connectivity index (χ1v) is 16.6. The highest BCUT2D eigenvalue weighted by Gasteiger charge is 2.32. The monoisotopic (exact) mass is 684 g/mol. The number of amides is 3. The molecule has 5 rings (SSSR count). The van der Waals surface area contributed by atoms with Gasteiger partial charge in [0.05, 0.1) is 11.2 Å². The van der Waals surface area contributed by atoms with E-state index in [0.717, 1.165) is 10.5 Å². The summed E-state index contributed by atoms with van der Waals surface area (Å²) in [7, 11) is 0. The normalized spacial score (nSPS) is 16.4. The van der Waals surface area contributed by atoms with Crippen LogP contribution in [0, 0.1) is 0 Å². The number of alkyl carbamates (subject to hydrolysis) is 1. The van der Waals surface area contributed by atoms with E-state index in [0.29, 0.717) is 53.6 Å². The number of carboxylic acid groups (broad SMARTS) is 1. The van der Waals surface area contributed by atoms with Gasteiger partial charge in [-0.05, 0) is 95.3 Å². The summed E-state index contributed by atoms with van der Waals surface area (Å²) in [6.45, 7) is 7.41. The lowest BCUT2D eigenvalue weighted by Crippen LogP contribution is -2.45. The van der Waals surface area contributed by atoms with Crippen molar-refractivity contribution in [2.45, 2.75) is 77.6 Å². The number of nitrogens with two attached hydrogens (primary N) is 1. The Morgan fingerprint density at radius 3 is 2.14 bits per heavy atom. The van der Waals surface area contributed by atoms with E-state index in [1.807, 2.05) is 75.4 Å². The maximum atomic E-state index is 14.4. The molecule has 1 aliphatic carbocycles. The van der Waals surface area contributed by atoms with Gasteiger partial charge < -0.3 is 40.7 Å². The molecule has 3 amide bonds. The summed E-state index contributed by atoms with van der Waals surface area (Å²) < 4.78 is 13.1. The second kappa shape index (κ2) is 15.2. The number of fused-ring (bicyclic) bond motifs is 1. The number of nitrogens with zero attached hydrogens (tertiary/aromatic N) is 3. The number of nitrogens with one attached hydrogen (secondary N) is 2. The number of aromatic nitrogens is 1. The molecule has 6 N–H and O–H groups in total. The average Bonchev–Trinajstić information content (AvgIpc) is 3.38. The number of anilines is 1. The highest BCUT2D eigenvalue weighted by Crippen LogP contribution is 2.36. The van der Waals surface area contributed by atoms with Crippen molar-refractivity contribution in [3.63, 3.8) is 0 Å². The number of ether oxygens (including phenoxy) is 2. The third kappa shape index (κ3) is 8.46. The van der Waals surface area contributed by atoms with Crippen LogP contribution >= 0.6 is 0 Å². The minimum atomic E-state index is -1.21. The predicted molar refractivity (Wildman–Crippen MR) is 190 cm³/mol. The minimum absolute atomic E-state index is 0.0870. The van der Waals surface area contributed by atoms with Crippen LogP contribution in [-0.4, -0.2) is 63.0 Å². The third-order valence-electron chi connectivity index (χ3n) is 8.50. The molecule has 0 bridgehead atoms. The molecule has 3 aromatic carbocycles. The average molecular weight is 685 g/mol. The second-order valence-corrected chi connectivity index (χ2v) is 13.3. The second-order valence-electron chi connectivity index (χ2n) is 13.3. The van der Waals surface area contributed by atoms with Crippen molar-refractivity contribution in [3.8, 4) is 11.5 Å². The van der Waals surface area contributed by atoms with Crippen molar-refractivity contribution in [2.75, 3.05) is 11.4 Å². The van der Waals surface area contributed by atoms with Crippen LogP contribution in [-0.2, 0) is 11.3 Å². The van der Waals surface area contributed by atoms with Crippen LogP contribution < -0.4 is 26.0 Å². The molecule has 0 saturated heterocycles. The van der Waals surface area contributed by atoms with Gasteiger partial charge in [0, 0.05) is 36.1 Å². The molecule has 1 saturated carbocycles. The zero-order valence-electron chi connectivity index (χ0n) is 28.7. The Kier molecular flexibility index (Phi) is 10.8. The lowest BCUT2D eigenvalue weighted by Gasteiger charge is -2.31. The summed E-state index contributed by atoms with van der Waals surface area (Å²) in [5.74, 6) is 0.759. The van der Waals surface area contributed by atoms with Crippen molar-refractivity contribution in [2.24, 2.45) is 10.9 Å². The summed E-state index contributed by atoms with van der Waals surface area (Å²) in [5.41, 5.74) is 7.51. The molecule has 0 unspecified atom stereocenters. The van der Waals surface area contributed by atoms with Crippen LogP contribution in [0.5, 0.6) is 11.5 Å². The van der Waals surface area contributed by atoms with Gasteiger partial charge in [0.15, 0.2) is 5.84 Å². The SMILES string of the molecule is CCN(C(=O)O)c1c(C(=O)N[C@H]2CC[C@H](NC(=O)OC(C)(C)C)CC2)n(Cc2ccc(Oc3ccccc3)cc2)c2cc(/C(N)=N/O)ccc12. The summed E-state index contributed by atoms with van der Waals surface area (Å²) in [6, 6.07) is 21.5. The van der Waals surface area contributed by atoms with E-state index in [-0.39, 0.29) is 42.4 Å². The fraction of sp³-hybridized carbons (Fsp3) is 0.351. The summed E-state index contributed by atoms with van der Waals surface area (Å²) in [5, 5.41) is 29.4. The van der Waals surface area contributed by atoms with E-state index < -0.39 is 23.7 Å². The molecule has 1 fully saturated rings. The quantitative estimate of drug-likeness (QED) is 0.0533. The fourth-order valence-electron chi connectivity index (χ4n) is 6.18. The number of hydrogen-bond acceptors (Lipinski definition) is 7. The van der Waals surface area contributed by atoms with Gasteiger partial charge in [-0.3, -0.25) is 9.69 Å². The zero-order chi connectivity index (χ0) is 36.0. The number of hydrogen-bond donors (Lipinski definition) is 5. The number of carbonyl (C=O) groups excluding carboxylic acids is 2. The van der Waals surface area contributed by atoms with Crippen molar-refractivity contribution in [3.05, 3.63) is 89.6 Å². The molecule has 0 radical (unpaired) electrons. The Morgan fingerprint density at radius 2 is 1.56 bits per heavy atom. The molecule has 1 aliphatic rings. The van der Waals surface area contributed by atoms with Gasteiger partial charge in [-0.25, -0.2) is 9.59 Å². The van der Waals surface area contributed by atoms with Crippen LogP contribution in [0.4, 0.5) is 15.3 Å². The standard InChI is InChI=1S/C37H44N6O7/c1-5-42(36(46)47)31-29-20-13-24(33(38)41-48)21-30(29)43(22-23-11-18-28(19-12-23)49-27-9-7-6-8-10-27)32(31)34(44)39-25-14-16-26(17-15-25)40-35(45)50-37(2,3)4/h6-13,18-21,25-26,48H,5,14-17,22H2,1-4H3,(H2,38,41)(H,39,44)(H,40,45)(H,46,47)/t25-,26-. The smallest absolute Gasteiger partial charge is 0.411 e. The molecule has 1 heterocycles. The van der Waals surface area contributed by atoms with Crippen LogP contribution in [0.1, 0.15) is 75.0 Å². The maximum Gasteiger partial charge on any atom is 0.411 e. The van der Waals surface area contributed by atoms with Crippen molar-refractivity contribution in [1.29, 1.82) is 0 Å². The minimum Gasteiger partial charge on any atom is -0.465 e. The Hall–Kier alpha value is -5.72. The first-order chi connectivity index (χ1) is 23.9. The summed E-state index contributed by atoms with van der Waals surface area (Å²) >= 11 is 0. The fourth-order valence-corrected chi connectivity index (χ4v) is 6.18. The van der Waals surface area contributed by atoms with E-state index in [1.54, 1.807) is 29.7 Å². The maximum absolute atomic E-state index is 14.4. The van der Waals surface area contributed by atoms with Crippen molar-refractivity contribution >= 4 is 40.5 Å². The number of carbonyl (C=O) groups is 3. The number of para-hydroxylation sites is 1. The molecule has 264 valence electrons. The van der Waals surface area contributed by atoms with E-state index in [4.69, 9.17) is 15.2 Å². The largest absolute Gasteiger partial charge is 0.465 e. The lowest BCUT2D eigenvalue weighted by atomic mass is 9.91. The van der Waals surface area contributed by atoms with Gasteiger partial charge in [0.25, 0.3) is 5.91 Å². The topological polar surface area (TPSA) is 181 Å². The van der Waals surface area contributed by atoms with Crippen LogP contribution in [0.2, 0.25) is 0 Å². The van der Waals surface area contributed by atoms with Gasteiger partial charge in [-0.15, -0.1) is 0 Å². The van der Waals surface area contributed by atoms with Gasteiger partial charge in [-0.2, -0.15) is 0 Å². The Morgan fingerprint density at radius 1 is 0.940 bits per heavy atom. The van der Waals surface area contributed by atoms with Gasteiger partial charge in [0.1, 0.15) is 22.8 Å². The molecule has 0 aliphatic heterocycles. The zero-order valence-corrected chi connectivity index (χ0v) is 28.7. The highest BCUT2D eigenvalue weighted by atomic mass is 16.6. The summed E-state index contributed by atoms with van der Waals surface area (Å²) in [4.78, 5) is 40.4. The summed E-state index contributed by atoms with van der Waals surface area (Å²) in [6.07, 6.45) is 0.799. The van der Waals surface area contributed by atoms with Crippen LogP contribution in [0.25, 0.3) is 10.9 Å². The van der Waals surface area contributed by atoms with Crippen LogP contribution in [0.15, 0.2) is 78.0 Å². The number of rotatable bonds is 10. The Bertz CT molecular complexity index is 1860. The number of oxime groups is 1. The molecule has 0 atom stereocenters. The first-order valence-electron chi connectivity index (χ1n) is 16.6. The molecule has 4 aromatic rings. The first kappa shape index (κ1) is 35.6. The Balaban J connectivity index is 1.49. The number of benzene rings is 3. The van der Waals surface area contributed by atoms with E-state index in [1.165, 1.54) is 0 Å². The van der Waals surface area contributed by atoms with E-state index >= 15 is 0 Å². The molecule has 0 spiro atoms. The van der Waals surface area contributed by atoms with Crippen LogP contribution in [0.3, 0.4) is 0 Å². The molecular formula is C37H44N6O7.